The second-order valence-electron chi connectivity index (χ2n) is 19.1. The number of nitrogens with zero attached hydrogens (tertiary/aromatic N) is 10. The van der Waals surface area contributed by atoms with Crippen molar-refractivity contribution in [3.63, 3.8) is 0 Å². The van der Waals surface area contributed by atoms with Crippen molar-refractivity contribution < 1.29 is 38.7 Å². The van der Waals surface area contributed by atoms with E-state index >= 15 is 19.2 Å². The first-order valence-corrected chi connectivity index (χ1v) is 24.9. The van der Waals surface area contributed by atoms with E-state index in [4.69, 9.17) is 9.47 Å². The summed E-state index contributed by atoms with van der Waals surface area (Å²) in [5, 5.41) is 30.9. The molecule has 6 heterocycles. The summed E-state index contributed by atoms with van der Waals surface area (Å²) < 4.78 is 14.2. The zero-order chi connectivity index (χ0) is 52.8. The summed E-state index contributed by atoms with van der Waals surface area (Å²) in [4.78, 5) is 90.0. The van der Waals surface area contributed by atoms with E-state index in [1.807, 2.05) is 94.7 Å². The molecule has 12 rings (SSSR count). The van der Waals surface area contributed by atoms with Crippen molar-refractivity contribution in [3.8, 4) is 17.6 Å². The molecule has 19 heteroatoms. The number of phenols is 1. The molecule has 3 amide bonds. The number of ether oxygens (including phenoxy) is 2. The molecule has 2 aromatic heterocycles. The predicted octanol–water partition coefficient (Wildman–Crippen LogP) is 7.24. The number of hydrogen-bond donors (Lipinski definition) is 1. The number of aromatic nitrogens is 5. The first-order valence-electron chi connectivity index (χ1n) is 24.9. The first kappa shape index (κ1) is 48.2. The number of piperazine rings is 1. The molecule has 382 valence electrons. The van der Waals surface area contributed by atoms with Crippen LogP contribution in [0.25, 0.3) is 11.0 Å². The molecule has 1 spiro atoms. The van der Waals surface area contributed by atoms with Crippen LogP contribution in [0.4, 0.5) is 22.1 Å². The van der Waals surface area contributed by atoms with Crippen molar-refractivity contribution in [1.82, 2.24) is 34.8 Å². The van der Waals surface area contributed by atoms with E-state index in [-0.39, 0.29) is 48.9 Å². The monoisotopic (exact) mass is 1030 g/mol. The van der Waals surface area contributed by atoms with Gasteiger partial charge in [0.1, 0.15) is 42.0 Å². The van der Waals surface area contributed by atoms with E-state index in [9.17, 15) is 15.2 Å². The molecule has 19 nitrogen and oxygen atoms in total. The number of non-ortho nitro benzene ring substituents is 1. The number of phenolic OH excluding ortho intramolecular Hbond substituents is 1. The van der Waals surface area contributed by atoms with Gasteiger partial charge in [0.2, 0.25) is 17.8 Å². The molecule has 0 bridgehead atoms. The number of carbonyl (C=O) groups excluding carboxylic acids is 4. The molecule has 4 aliphatic rings. The van der Waals surface area contributed by atoms with E-state index in [0.29, 0.717) is 52.4 Å². The smallest absolute Gasteiger partial charge is 0.421 e. The Bertz CT molecular complexity index is 3640. The number of imide groups is 1. The van der Waals surface area contributed by atoms with E-state index in [1.165, 1.54) is 36.4 Å². The van der Waals surface area contributed by atoms with Gasteiger partial charge in [-0.3, -0.25) is 29.4 Å². The Labute approximate surface area is 440 Å². The maximum Gasteiger partial charge on any atom is 0.421 e. The van der Waals surface area contributed by atoms with Gasteiger partial charge in [0.15, 0.2) is 0 Å². The molecule has 3 saturated heterocycles. The van der Waals surface area contributed by atoms with E-state index in [1.54, 1.807) is 58.4 Å². The lowest BCUT2D eigenvalue weighted by molar-refractivity contribution is -0.384. The van der Waals surface area contributed by atoms with Gasteiger partial charge in [-0.05, 0) is 88.5 Å². The maximum absolute atomic E-state index is 16.8. The minimum Gasteiger partial charge on any atom is -0.508 e. The summed E-state index contributed by atoms with van der Waals surface area (Å²) >= 11 is 0. The number of cyclic esters (lactones) is 1. The Kier molecular flexibility index (Phi) is 12.4. The fourth-order valence-electron chi connectivity index (χ4n) is 11.6. The number of hydrogen-bond acceptors (Lipinski definition) is 15. The summed E-state index contributed by atoms with van der Waals surface area (Å²) in [6.45, 7) is 0.735. The van der Waals surface area contributed by atoms with Crippen LogP contribution in [-0.4, -0.2) is 101 Å². The highest BCUT2D eigenvalue weighted by molar-refractivity contribution is 6.23. The Balaban J connectivity index is 1.07. The fourth-order valence-corrected chi connectivity index (χ4v) is 11.6. The number of fused-ring (bicyclic) bond motifs is 4. The number of benzene rings is 6. The summed E-state index contributed by atoms with van der Waals surface area (Å²) in [5.74, 6) is 3.14. The molecular formula is C58H46N10O9. The number of anilines is 2. The van der Waals surface area contributed by atoms with Crippen LogP contribution in [0.1, 0.15) is 51.6 Å². The lowest BCUT2D eigenvalue weighted by atomic mass is 9.65. The van der Waals surface area contributed by atoms with Gasteiger partial charge in [-0.25, -0.2) is 24.3 Å². The number of amides is 3. The zero-order valence-corrected chi connectivity index (χ0v) is 41.0. The van der Waals surface area contributed by atoms with Crippen LogP contribution >= 0.6 is 0 Å². The highest BCUT2D eigenvalue weighted by Gasteiger charge is 2.76. The molecule has 4 aliphatic heterocycles. The summed E-state index contributed by atoms with van der Waals surface area (Å²) in [5.41, 5.74) is 2.15. The van der Waals surface area contributed by atoms with Crippen molar-refractivity contribution in [2.45, 2.75) is 42.8 Å². The minimum absolute atomic E-state index is 0.0719. The number of rotatable bonds is 9. The number of esters is 1. The average Bonchev–Trinajstić information content (AvgIpc) is 4.33. The van der Waals surface area contributed by atoms with Crippen molar-refractivity contribution in [2.75, 3.05) is 36.0 Å². The Morgan fingerprint density at radius 2 is 1.47 bits per heavy atom. The van der Waals surface area contributed by atoms with Gasteiger partial charge in [-0.2, -0.15) is 0 Å². The van der Waals surface area contributed by atoms with Gasteiger partial charge in [-0.15, -0.1) is 5.10 Å². The van der Waals surface area contributed by atoms with Gasteiger partial charge in [0.25, 0.3) is 5.69 Å². The SMILES string of the molecule is O=C1O[C@@H](c2ccccc2)[C@@H](c2ccccc2)N2[C@@H](c3ccc(O)cc3)[C@]3(C(=O)N(C(=O)OCc4ccc([N+](=O)[O-])cc4)c4ccc(C#CCn5nnc6ccccc65)cc43)[C@@H](C(=O)N3CCN(c4ncccn4)CC3)[C@H]12. The summed E-state index contributed by atoms with van der Waals surface area (Å²) in [6.07, 6.45) is 1.22. The predicted molar refractivity (Wildman–Crippen MR) is 279 cm³/mol. The molecule has 0 aliphatic carbocycles. The second-order valence-corrected chi connectivity index (χ2v) is 19.1. The van der Waals surface area contributed by atoms with Crippen molar-refractivity contribution >= 4 is 52.2 Å². The van der Waals surface area contributed by atoms with Crippen LogP contribution < -0.4 is 9.80 Å². The molecule has 0 radical (unpaired) electrons. The number of nitro groups is 1. The number of morpholine rings is 1. The van der Waals surface area contributed by atoms with Crippen LogP contribution in [0.2, 0.25) is 0 Å². The molecular weight excluding hydrogens is 981 g/mol. The number of para-hydroxylation sites is 1. The van der Waals surface area contributed by atoms with E-state index < -0.39 is 64.4 Å². The minimum atomic E-state index is -2.13. The quantitative estimate of drug-likeness (QED) is 0.0652. The normalized spacial score (nSPS) is 21.8. The molecule has 1 N–H and O–H groups in total. The standard InChI is InChI=1S/C58H46N10O9/c69-43-25-21-41(22-26-43)52-58(44-35-37(11-9-30-65-47-17-8-7-16-45(47)61-62-65)20-27-46(44)66(55(58)72)57(73)76-36-38-18-23-42(24-19-38)68(74)75)48(53(70)63-31-33-64(34-32-63)56-59-28-10-29-60-56)50-54(71)77-51(40-14-5-2-6-15-40)49(67(50)52)39-12-3-1-4-13-39/h1-8,10,12-29,35,48-52,69H,30-34,36H2/t48-,49-,50-,51+,52+,58-/m1/s1. The van der Waals surface area contributed by atoms with Crippen LogP contribution in [0.3, 0.4) is 0 Å². The second kappa shape index (κ2) is 19.8. The molecule has 6 atom stereocenters. The average molecular weight is 1030 g/mol. The summed E-state index contributed by atoms with van der Waals surface area (Å²) in [6, 6.07) is 41.1. The van der Waals surface area contributed by atoms with Gasteiger partial charge in [-0.1, -0.05) is 102 Å². The largest absolute Gasteiger partial charge is 0.508 e. The van der Waals surface area contributed by atoms with E-state index in [2.05, 4.69) is 32.1 Å². The Morgan fingerprint density at radius 3 is 2.18 bits per heavy atom. The third-order valence-electron chi connectivity index (χ3n) is 14.9. The van der Waals surface area contributed by atoms with Crippen LogP contribution in [-0.2, 0) is 42.4 Å². The Hall–Kier alpha value is -9.80. The first-order chi connectivity index (χ1) is 37.6. The lowest BCUT2D eigenvalue weighted by Gasteiger charge is -2.46. The van der Waals surface area contributed by atoms with Crippen molar-refractivity contribution in [2.24, 2.45) is 5.92 Å². The molecule has 3 fully saturated rings. The molecule has 8 aromatic rings. The molecule has 0 saturated carbocycles. The third kappa shape index (κ3) is 8.40. The highest BCUT2D eigenvalue weighted by atomic mass is 16.6. The Morgan fingerprint density at radius 1 is 0.779 bits per heavy atom. The van der Waals surface area contributed by atoms with Crippen LogP contribution in [0.5, 0.6) is 5.75 Å². The number of nitro benzene ring substituents is 1. The molecule has 77 heavy (non-hydrogen) atoms. The zero-order valence-electron chi connectivity index (χ0n) is 41.0. The van der Waals surface area contributed by atoms with Gasteiger partial charge < -0.3 is 24.4 Å². The van der Waals surface area contributed by atoms with Gasteiger partial charge >= 0.3 is 12.1 Å². The fraction of sp³-hybridized carbons (Fsp3) is 0.207. The highest BCUT2D eigenvalue weighted by Crippen LogP contribution is 2.66. The van der Waals surface area contributed by atoms with Crippen molar-refractivity contribution in [3.05, 3.63) is 214 Å². The lowest BCUT2D eigenvalue weighted by Crippen LogP contribution is -2.59. The maximum atomic E-state index is 16.8. The van der Waals surface area contributed by atoms with E-state index in [0.717, 1.165) is 10.4 Å². The van der Waals surface area contributed by atoms with Crippen LogP contribution in [0.15, 0.2) is 170 Å². The third-order valence-corrected chi connectivity index (χ3v) is 14.9. The van der Waals surface area contributed by atoms with Crippen LogP contribution in [0, 0.1) is 27.9 Å². The van der Waals surface area contributed by atoms with Crippen molar-refractivity contribution in [1.29, 1.82) is 0 Å². The molecule has 6 aromatic carbocycles. The van der Waals surface area contributed by atoms with Gasteiger partial charge in [0, 0.05) is 56.3 Å². The topological polar surface area (TPSA) is 220 Å². The molecule has 0 unspecified atom stereocenters. The van der Waals surface area contributed by atoms with Gasteiger partial charge in [0.05, 0.1) is 34.1 Å². The number of carbonyl (C=O) groups is 4. The number of aromatic hydroxyl groups is 1. The summed E-state index contributed by atoms with van der Waals surface area (Å²) in [7, 11) is 0.